The minimum Gasteiger partial charge on any atom is -0.466 e. The lowest BCUT2D eigenvalue weighted by Crippen LogP contribution is -2.25. The fraction of sp³-hybridized carbons (Fsp3) is 0.450. The number of hydrogen-bond acceptors (Lipinski definition) is 5. The summed E-state index contributed by atoms with van der Waals surface area (Å²) in [6, 6.07) is 8.18. The predicted molar refractivity (Wildman–Crippen MR) is 105 cm³/mol. The summed E-state index contributed by atoms with van der Waals surface area (Å²) in [7, 11) is 1.75. The first-order valence-corrected chi connectivity index (χ1v) is 9.81. The normalized spacial score (nSPS) is 10.8. The van der Waals surface area contributed by atoms with Crippen molar-refractivity contribution in [1.82, 2.24) is 9.55 Å². The topological polar surface area (TPSA) is 61.2 Å². The van der Waals surface area contributed by atoms with Crippen LogP contribution in [0.4, 0.5) is 0 Å². The third kappa shape index (κ3) is 5.46. The molecule has 2 rings (SSSR count). The molecule has 26 heavy (non-hydrogen) atoms. The summed E-state index contributed by atoms with van der Waals surface area (Å²) in [4.78, 5) is 28.7. The number of aryl methyl sites for hydroxylation is 2. The fourth-order valence-electron chi connectivity index (χ4n) is 2.70. The van der Waals surface area contributed by atoms with Crippen LogP contribution in [-0.2, 0) is 23.0 Å². The first kappa shape index (κ1) is 20.2. The van der Waals surface area contributed by atoms with Crippen molar-refractivity contribution < 1.29 is 9.53 Å². The van der Waals surface area contributed by atoms with Crippen molar-refractivity contribution in [2.24, 2.45) is 7.05 Å². The van der Waals surface area contributed by atoms with Gasteiger partial charge in [0.15, 0.2) is 5.16 Å². The second kappa shape index (κ2) is 9.57. The highest BCUT2D eigenvalue weighted by molar-refractivity contribution is 7.99. The van der Waals surface area contributed by atoms with Crippen LogP contribution in [0.5, 0.6) is 0 Å². The predicted octanol–water partition coefficient (Wildman–Crippen LogP) is 3.42. The van der Waals surface area contributed by atoms with Crippen LogP contribution in [-0.4, -0.2) is 27.9 Å². The standard InChI is InChI=1S/C20H26N2O3S/c1-5-25-18(23)10-7-11-26-20-21-15(3)17(19(24)22(20)4)13-16-9-6-8-14(2)12-16/h6,8-9,12H,5,7,10-11,13H2,1-4H3. The summed E-state index contributed by atoms with van der Waals surface area (Å²) in [5, 5.41) is 0.685. The van der Waals surface area contributed by atoms with E-state index in [1.54, 1.807) is 18.5 Å². The first-order chi connectivity index (χ1) is 12.4. The summed E-state index contributed by atoms with van der Waals surface area (Å²) >= 11 is 1.50. The molecule has 0 aliphatic heterocycles. The molecule has 0 spiro atoms. The zero-order valence-corrected chi connectivity index (χ0v) is 16.7. The maximum absolute atomic E-state index is 12.8. The van der Waals surface area contributed by atoms with Gasteiger partial charge in [-0.15, -0.1) is 0 Å². The summed E-state index contributed by atoms with van der Waals surface area (Å²) in [5.74, 6) is 0.537. The summed E-state index contributed by atoms with van der Waals surface area (Å²) in [5.41, 5.74) is 3.78. The minimum absolute atomic E-state index is 0.00750. The van der Waals surface area contributed by atoms with Crippen molar-refractivity contribution >= 4 is 17.7 Å². The van der Waals surface area contributed by atoms with Crippen molar-refractivity contribution in [3.05, 3.63) is 57.0 Å². The van der Waals surface area contributed by atoms with Crippen LogP contribution >= 0.6 is 11.8 Å². The van der Waals surface area contributed by atoms with Gasteiger partial charge < -0.3 is 4.74 Å². The third-order valence-electron chi connectivity index (χ3n) is 4.07. The van der Waals surface area contributed by atoms with Crippen molar-refractivity contribution in [3.8, 4) is 0 Å². The molecule has 0 N–H and O–H groups in total. The highest BCUT2D eigenvalue weighted by atomic mass is 32.2. The number of aromatic nitrogens is 2. The molecule has 1 aromatic carbocycles. The molecule has 140 valence electrons. The van der Waals surface area contributed by atoms with Gasteiger partial charge in [-0.2, -0.15) is 0 Å². The van der Waals surface area contributed by atoms with Gasteiger partial charge in [-0.1, -0.05) is 41.6 Å². The number of benzene rings is 1. The van der Waals surface area contributed by atoms with Crippen LogP contribution in [0, 0.1) is 13.8 Å². The highest BCUT2D eigenvalue weighted by Gasteiger charge is 2.13. The van der Waals surface area contributed by atoms with Gasteiger partial charge in [0.05, 0.1) is 6.61 Å². The molecular weight excluding hydrogens is 348 g/mol. The van der Waals surface area contributed by atoms with Gasteiger partial charge in [0.25, 0.3) is 5.56 Å². The average Bonchev–Trinajstić information content (AvgIpc) is 2.60. The van der Waals surface area contributed by atoms with Gasteiger partial charge in [0, 0.05) is 36.9 Å². The smallest absolute Gasteiger partial charge is 0.305 e. The van der Waals surface area contributed by atoms with Gasteiger partial charge >= 0.3 is 5.97 Å². The molecule has 0 saturated carbocycles. The number of esters is 1. The molecule has 0 saturated heterocycles. The van der Waals surface area contributed by atoms with E-state index in [4.69, 9.17) is 4.74 Å². The van der Waals surface area contributed by atoms with Crippen molar-refractivity contribution in [3.63, 3.8) is 0 Å². The van der Waals surface area contributed by atoms with Gasteiger partial charge in [0.2, 0.25) is 0 Å². The molecule has 6 heteroatoms. The number of nitrogens with zero attached hydrogens (tertiary/aromatic N) is 2. The third-order valence-corrected chi connectivity index (χ3v) is 5.19. The number of thioether (sulfide) groups is 1. The van der Waals surface area contributed by atoms with Crippen LogP contribution in [0.2, 0.25) is 0 Å². The summed E-state index contributed by atoms with van der Waals surface area (Å²) in [6.45, 7) is 6.13. The lowest BCUT2D eigenvalue weighted by atomic mass is 10.0. The van der Waals surface area contributed by atoms with Gasteiger partial charge in [-0.05, 0) is 32.8 Å². The molecule has 2 aromatic rings. The molecule has 0 aliphatic rings. The Labute approximate surface area is 158 Å². The maximum Gasteiger partial charge on any atom is 0.305 e. The van der Waals surface area contributed by atoms with Crippen molar-refractivity contribution in [1.29, 1.82) is 0 Å². The molecule has 0 bridgehead atoms. The SMILES string of the molecule is CCOC(=O)CCCSc1nc(C)c(Cc2cccc(C)c2)c(=O)n1C. The van der Waals surface area contributed by atoms with Crippen LogP contribution in [0.1, 0.15) is 42.1 Å². The second-order valence-electron chi connectivity index (χ2n) is 6.25. The number of rotatable bonds is 8. The van der Waals surface area contributed by atoms with Crippen LogP contribution < -0.4 is 5.56 Å². The molecule has 0 radical (unpaired) electrons. The Balaban J connectivity index is 2.07. The van der Waals surface area contributed by atoms with Crippen molar-refractivity contribution in [2.45, 2.75) is 45.2 Å². The molecule has 1 heterocycles. The second-order valence-corrected chi connectivity index (χ2v) is 7.31. The Morgan fingerprint density at radius 1 is 1.31 bits per heavy atom. The van der Waals surface area contributed by atoms with E-state index in [2.05, 4.69) is 11.1 Å². The molecule has 5 nitrogen and oxygen atoms in total. The molecule has 1 aromatic heterocycles. The molecule has 0 aliphatic carbocycles. The number of carbonyl (C=O) groups excluding carboxylic acids is 1. The Morgan fingerprint density at radius 3 is 2.77 bits per heavy atom. The van der Waals surface area contributed by atoms with Crippen LogP contribution in [0.3, 0.4) is 0 Å². The van der Waals surface area contributed by atoms with Gasteiger partial charge in [0.1, 0.15) is 0 Å². The molecule has 0 unspecified atom stereocenters. The molecule has 0 atom stereocenters. The summed E-state index contributed by atoms with van der Waals surface area (Å²) in [6.07, 6.45) is 1.67. The van der Waals surface area contributed by atoms with Crippen LogP contribution in [0.25, 0.3) is 0 Å². The number of carbonyl (C=O) groups is 1. The van der Waals surface area contributed by atoms with E-state index >= 15 is 0 Å². The van der Waals surface area contributed by atoms with Crippen molar-refractivity contribution in [2.75, 3.05) is 12.4 Å². The monoisotopic (exact) mass is 374 g/mol. The lowest BCUT2D eigenvalue weighted by Gasteiger charge is -2.12. The van der Waals surface area contributed by atoms with Gasteiger partial charge in [-0.25, -0.2) is 4.98 Å². The van der Waals surface area contributed by atoms with E-state index in [9.17, 15) is 9.59 Å². The van der Waals surface area contributed by atoms with E-state index in [0.717, 1.165) is 22.6 Å². The quantitative estimate of drug-likeness (QED) is 0.307. The van der Waals surface area contributed by atoms with E-state index in [1.165, 1.54) is 17.3 Å². The molecular formula is C20H26N2O3S. The first-order valence-electron chi connectivity index (χ1n) is 8.82. The summed E-state index contributed by atoms with van der Waals surface area (Å²) < 4.78 is 6.52. The largest absolute Gasteiger partial charge is 0.466 e. The highest BCUT2D eigenvalue weighted by Crippen LogP contribution is 2.18. The maximum atomic E-state index is 12.8. The number of ether oxygens (including phenoxy) is 1. The Hall–Kier alpha value is -2.08. The zero-order chi connectivity index (χ0) is 19.1. The van der Waals surface area contributed by atoms with E-state index in [0.29, 0.717) is 31.0 Å². The Bertz CT molecular complexity index is 830. The fourth-order valence-corrected chi connectivity index (χ4v) is 3.65. The zero-order valence-electron chi connectivity index (χ0n) is 15.9. The van der Waals surface area contributed by atoms with E-state index in [1.807, 2.05) is 32.0 Å². The molecule has 0 amide bonds. The number of hydrogen-bond donors (Lipinski definition) is 0. The van der Waals surface area contributed by atoms with E-state index < -0.39 is 0 Å². The Morgan fingerprint density at radius 2 is 2.08 bits per heavy atom. The lowest BCUT2D eigenvalue weighted by molar-refractivity contribution is -0.143. The van der Waals surface area contributed by atoms with Gasteiger partial charge in [-0.3, -0.25) is 14.2 Å². The molecule has 0 fully saturated rings. The Kier molecular flexibility index (Phi) is 7.45. The minimum atomic E-state index is -0.181. The average molecular weight is 375 g/mol. The van der Waals surface area contributed by atoms with E-state index in [-0.39, 0.29) is 11.5 Å². The van der Waals surface area contributed by atoms with Crippen LogP contribution in [0.15, 0.2) is 34.2 Å².